The Hall–Kier alpha value is -2.96. The SMILES string of the molecule is COC(=O)C1CCC2CC1N2C(=O)Nc1ccc(C)c(-c2cncc(F)c2)c1. The van der Waals surface area contributed by atoms with Crippen molar-refractivity contribution >= 4 is 17.7 Å². The van der Waals surface area contributed by atoms with Gasteiger partial charge in [0.2, 0.25) is 0 Å². The molecule has 1 aromatic heterocycles. The van der Waals surface area contributed by atoms with E-state index in [0.717, 1.165) is 36.6 Å². The van der Waals surface area contributed by atoms with E-state index in [1.54, 1.807) is 11.1 Å². The highest BCUT2D eigenvalue weighted by atomic mass is 19.1. The zero-order valence-corrected chi connectivity index (χ0v) is 15.8. The molecule has 5 rings (SSSR count). The number of benzene rings is 1. The summed E-state index contributed by atoms with van der Waals surface area (Å²) in [5, 5.41) is 2.92. The number of halogens is 1. The van der Waals surface area contributed by atoms with E-state index in [1.807, 2.05) is 25.1 Å². The van der Waals surface area contributed by atoms with Gasteiger partial charge in [0.25, 0.3) is 0 Å². The molecule has 2 aliphatic heterocycles. The molecule has 3 atom stereocenters. The summed E-state index contributed by atoms with van der Waals surface area (Å²) in [5.41, 5.74) is 3.03. The summed E-state index contributed by atoms with van der Waals surface area (Å²) >= 11 is 0. The number of rotatable bonds is 3. The molecule has 6 nitrogen and oxygen atoms in total. The lowest BCUT2D eigenvalue weighted by atomic mass is 9.72. The highest BCUT2D eigenvalue weighted by Gasteiger charge is 2.52. The van der Waals surface area contributed by atoms with Crippen molar-refractivity contribution in [1.82, 2.24) is 9.88 Å². The van der Waals surface area contributed by atoms with Crippen LogP contribution in [0.1, 0.15) is 24.8 Å². The van der Waals surface area contributed by atoms with Gasteiger partial charge in [-0.2, -0.15) is 0 Å². The maximum Gasteiger partial charge on any atom is 0.322 e. The first-order valence-electron chi connectivity index (χ1n) is 9.36. The Morgan fingerprint density at radius 1 is 1.25 bits per heavy atom. The second-order valence-electron chi connectivity index (χ2n) is 7.42. The Labute approximate surface area is 162 Å². The minimum absolute atomic E-state index is 0.108. The van der Waals surface area contributed by atoms with Crippen LogP contribution in [0.5, 0.6) is 0 Å². The van der Waals surface area contributed by atoms with E-state index in [9.17, 15) is 14.0 Å². The van der Waals surface area contributed by atoms with Crippen LogP contribution in [0.4, 0.5) is 14.9 Å². The van der Waals surface area contributed by atoms with E-state index in [-0.39, 0.29) is 30.0 Å². The van der Waals surface area contributed by atoms with E-state index >= 15 is 0 Å². The highest BCUT2D eigenvalue weighted by Crippen LogP contribution is 2.42. The number of pyridine rings is 1. The van der Waals surface area contributed by atoms with E-state index in [1.165, 1.54) is 13.2 Å². The lowest BCUT2D eigenvalue weighted by molar-refractivity contribution is -0.154. The molecular weight excluding hydrogens is 361 g/mol. The molecule has 1 aromatic carbocycles. The molecule has 28 heavy (non-hydrogen) atoms. The molecule has 7 heteroatoms. The van der Waals surface area contributed by atoms with E-state index in [4.69, 9.17) is 4.74 Å². The van der Waals surface area contributed by atoms with Crippen LogP contribution in [-0.4, -0.2) is 41.1 Å². The molecule has 3 fully saturated rings. The molecule has 2 aromatic rings. The van der Waals surface area contributed by atoms with Gasteiger partial charge in [-0.1, -0.05) is 6.07 Å². The van der Waals surface area contributed by atoms with Gasteiger partial charge in [0.05, 0.1) is 19.2 Å². The van der Waals surface area contributed by atoms with Crippen molar-refractivity contribution in [1.29, 1.82) is 0 Å². The first kappa shape index (κ1) is 18.4. The number of hydrogen-bond acceptors (Lipinski definition) is 4. The molecule has 3 unspecified atom stereocenters. The van der Waals surface area contributed by atoms with Gasteiger partial charge in [0.1, 0.15) is 5.82 Å². The number of aryl methyl sites for hydroxylation is 1. The smallest absolute Gasteiger partial charge is 0.322 e. The van der Waals surface area contributed by atoms with Crippen molar-refractivity contribution in [2.24, 2.45) is 5.92 Å². The number of urea groups is 1. The van der Waals surface area contributed by atoms with Crippen LogP contribution < -0.4 is 5.32 Å². The Bertz CT molecular complexity index is 931. The number of carbonyl (C=O) groups is 2. The number of hydrogen-bond donors (Lipinski definition) is 1. The summed E-state index contributed by atoms with van der Waals surface area (Å²) in [6.07, 6.45) is 5.15. The normalized spacial score (nSPS) is 23.0. The molecule has 1 N–H and O–H groups in total. The number of anilines is 1. The Morgan fingerprint density at radius 3 is 2.79 bits per heavy atom. The van der Waals surface area contributed by atoms with Gasteiger partial charge in [-0.15, -0.1) is 0 Å². The van der Waals surface area contributed by atoms with E-state index < -0.39 is 5.82 Å². The number of nitrogens with one attached hydrogen (secondary N) is 1. The van der Waals surface area contributed by atoms with E-state index in [2.05, 4.69) is 10.3 Å². The third-order valence-corrected chi connectivity index (χ3v) is 5.78. The fourth-order valence-electron chi connectivity index (χ4n) is 4.32. The maximum absolute atomic E-state index is 13.5. The Morgan fingerprint density at radius 2 is 2.07 bits per heavy atom. The van der Waals surface area contributed by atoms with Crippen molar-refractivity contribution in [3.05, 3.63) is 48.0 Å². The minimum atomic E-state index is -0.409. The third kappa shape index (κ3) is 3.21. The van der Waals surface area contributed by atoms with Crippen LogP contribution in [0.2, 0.25) is 0 Å². The first-order chi connectivity index (χ1) is 13.5. The molecule has 2 saturated heterocycles. The van der Waals surface area contributed by atoms with Crippen molar-refractivity contribution < 1.29 is 18.7 Å². The number of nitrogens with zero attached hydrogens (tertiary/aromatic N) is 2. The molecule has 146 valence electrons. The molecule has 2 amide bonds. The number of piperidine rings is 1. The zero-order valence-electron chi connectivity index (χ0n) is 15.8. The summed E-state index contributed by atoms with van der Waals surface area (Å²) < 4.78 is 18.4. The van der Waals surface area contributed by atoms with Crippen LogP contribution in [0.15, 0.2) is 36.7 Å². The summed E-state index contributed by atoms with van der Waals surface area (Å²) in [7, 11) is 1.38. The van der Waals surface area contributed by atoms with Gasteiger partial charge in [0.15, 0.2) is 0 Å². The molecular formula is C21H22FN3O3. The van der Waals surface area contributed by atoms with Crippen molar-refractivity contribution in [2.75, 3.05) is 12.4 Å². The number of fused-ring (bicyclic) bond motifs is 2. The van der Waals surface area contributed by atoms with Gasteiger partial charge < -0.3 is 15.0 Å². The van der Waals surface area contributed by atoms with Gasteiger partial charge in [0, 0.05) is 29.5 Å². The molecule has 3 heterocycles. The number of esters is 1. The number of carbonyl (C=O) groups excluding carboxylic acids is 2. The van der Waals surface area contributed by atoms with Gasteiger partial charge >= 0.3 is 12.0 Å². The summed E-state index contributed by atoms with van der Waals surface area (Å²) in [6.45, 7) is 1.92. The van der Waals surface area contributed by atoms with Gasteiger partial charge in [-0.05, 0) is 55.5 Å². The molecule has 3 aliphatic rings. The molecule has 0 spiro atoms. The number of aromatic nitrogens is 1. The average molecular weight is 383 g/mol. The van der Waals surface area contributed by atoms with Crippen LogP contribution in [0.3, 0.4) is 0 Å². The zero-order chi connectivity index (χ0) is 19.8. The molecule has 2 bridgehead atoms. The predicted octanol–water partition coefficient (Wildman–Crippen LogP) is 3.75. The standard InChI is InChI=1S/C21H22FN3O3/c1-12-3-4-15(8-18(12)13-7-14(22)11-23-10-13)24-21(27)25-16-5-6-17(19(25)9-16)20(26)28-2/h3-4,7-8,10-11,16-17,19H,5-6,9H2,1-2H3,(H,24,27). The fraction of sp³-hybridized carbons (Fsp3) is 0.381. The topological polar surface area (TPSA) is 71.5 Å². The monoisotopic (exact) mass is 383 g/mol. The van der Waals surface area contributed by atoms with Crippen LogP contribution >= 0.6 is 0 Å². The average Bonchev–Trinajstić information content (AvgIpc) is 2.68. The van der Waals surface area contributed by atoms with Crippen LogP contribution in [0.25, 0.3) is 11.1 Å². The van der Waals surface area contributed by atoms with Gasteiger partial charge in [-0.25, -0.2) is 9.18 Å². The number of amides is 2. The number of ether oxygens (including phenoxy) is 1. The molecule has 1 saturated carbocycles. The fourth-order valence-corrected chi connectivity index (χ4v) is 4.32. The lowest BCUT2D eigenvalue weighted by Gasteiger charge is -2.55. The van der Waals surface area contributed by atoms with E-state index in [0.29, 0.717) is 11.3 Å². The Balaban J connectivity index is 1.53. The summed E-state index contributed by atoms with van der Waals surface area (Å²) in [4.78, 5) is 30.5. The minimum Gasteiger partial charge on any atom is -0.469 e. The quantitative estimate of drug-likeness (QED) is 0.820. The van der Waals surface area contributed by atoms with Crippen molar-refractivity contribution in [3.63, 3.8) is 0 Å². The second-order valence-corrected chi connectivity index (χ2v) is 7.42. The molecule has 0 radical (unpaired) electrons. The van der Waals surface area contributed by atoms with Crippen molar-refractivity contribution in [2.45, 2.75) is 38.3 Å². The van der Waals surface area contributed by atoms with Crippen molar-refractivity contribution in [3.8, 4) is 11.1 Å². The van der Waals surface area contributed by atoms with Crippen LogP contribution in [0, 0.1) is 18.7 Å². The summed E-state index contributed by atoms with van der Waals surface area (Å²) in [5.74, 6) is -0.918. The largest absolute Gasteiger partial charge is 0.469 e. The predicted molar refractivity (Wildman–Crippen MR) is 102 cm³/mol. The number of methoxy groups -OCH3 is 1. The Kier molecular flexibility index (Phi) is 4.75. The van der Waals surface area contributed by atoms with Crippen LogP contribution in [-0.2, 0) is 9.53 Å². The second kappa shape index (κ2) is 7.22. The molecule has 1 aliphatic carbocycles. The summed E-state index contributed by atoms with van der Waals surface area (Å²) in [6, 6.07) is 6.77. The lowest BCUT2D eigenvalue weighted by Crippen LogP contribution is -2.66. The highest BCUT2D eigenvalue weighted by molar-refractivity contribution is 5.92. The first-order valence-corrected chi connectivity index (χ1v) is 9.36. The van der Waals surface area contributed by atoms with Gasteiger partial charge in [-0.3, -0.25) is 9.78 Å². The maximum atomic E-state index is 13.5. The third-order valence-electron chi connectivity index (χ3n) is 5.78.